The minimum absolute atomic E-state index is 0.0500. The molecule has 1 N–H and O–H groups in total. The zero-order valence-corrected chi connectivity index (χ0v) is 14.1. The topological polar surface area (TPSA) is 28.4 Å². The Balaban J connectivity index is 1.54. The van der Waals surface area contributed by atoms with Crippen molar-refractivity contribution in [2.24, 2.45) is 0 Å². The van der Waals surface area contributed by atoms with Gasteiger partial charge in [-0.05, 0) is 43.4 Å². The molecule has 1 aromatic heterocycles. The number of fused-ring (bicyclic) bond motifs is 1. The largest absolute Gasteiger partial charge is 0.507 e. The molecule has 4 heteroatoms. The van der Waals surface area contributed by atoms with Crippen LogP contribution in [0.3, 0.4) is 0 Å². The van der Waals surface area contributed by atoms with Crippen molar-refractivity contribution in [2.45, 2.75) is 32.7 Å². The lowest BCUT2D eigenvalue weighted by Crippen LogP contribution is -2.24. The van der Waals surface area contributed by atoms with Gasteiger partial charge in [0.15, 0.2) is 0 Å². The van der Waals surface area contributed by atoms with Crippen molar-refractivity contribution >= 4 is 10.9 Å². The number of halogens is 1. The molecule has 0 saturated carbocycles. The maximum atomic E-state index is 13.6. The Kier molecular flexibility index (Phi) is 3.93. The molecule has 4 rings (SSSR count). The van der Waals surface area contributed by atoms with Crippen LogP contribution in [0.5, 0.6) is 5.75 Å². The van der Waals surface area contributed by atoms with E-state index in [1.54, 1.807) is 5.57 Å². The minimum Gasteiger partial charge on any atom is -0.507 e. The van der Waals surface area contributed by atoms with Gasteiger partial charge in [0.05, 0.1) is 5.52 Å². The molecule has 126 valence electrons. The standard InChI is InChI=1S/C20H23FN2O/c1-2-23-13-16(20-18(23)9-17(21)10-19(20)24)7-8-22-11-14-5-3-4-6-15(14)12-22/h3,5,9-10,13,24H,2,4,6-8,11-12H2,1H3. The van der Waals surface area contributed by atoms with Crippen molar-refractivity contribution in [2.75, 3.05) is 19.6 Å². The first-order valence-electron chi connectivity index (χ1n) is 8.75. The van der Waals surface area contributed by atoms with E-state index in [9.17, 15) is 9.50 Å². The molecule has 1 aliphatic carbocycles. The van der Waals surface area contributed by atoms with Gasteiger partial charge in [0, 0.05) is 43.8 Å². The molecular formula is C20H23FN2O. The van der Waals surface area contributed by atoms with Crippen molar-refractivity contribution in [3.05, 3.63) is 53.0 Å². The number of phenols is 1. The van der Waals surface area contributed by atoms with Crippen LogP contribution in [0.4, 0.5) is 4.39 Å². The van der Waals surface area contributed by atoms with E-state index in [0.29, 0.717) is 0 Å². The molecule has 0 atom stereocenters. The third-order valence-corrected chi connectivity index (χ3v) is 5.24. The highest BCUT2D eigenvalue weighted by molar-refractivity contribution is 5.89. The zero-order chi connectivity index (χ0) is 16.7. The Morgan fingerprint density at radius 1 is 1.25 bits per heavy atom. The summed E-state index contributed by atoms with van der Waals surface area (Å²) in [5.74, 6) is -0.337. The Morgan fingerprint density at radius 2 is 2.12 bits per heavy atom. The van der Waals surface area contributed by atoms with Crippen LogP contribution in [0.1, 0.15) is 25.3 Å². The van der Waals surface area contributed by atoms with Crippen LogP contribution in [0.25, 0.3) is 10.9 Å². The van der Waals surface area contributed by atoms with E-state index in [0.717, 1.165) is 55.5 Å². The Bertz CT molecular complexity index is 847. The molecule has 3 nitrogen and oxygen atoms in total. The molecule has 0 amide bonds. The van der Waals surface area contributed by atoms with Gasteiger partial charge in [0.2, 0.25) is 0 Å². The van der Waals surface area contributed by atoms with E-state index >= 15 is 0 Å². The molecule has 1 aliphatic heterocycles. The monoisotopic (exact) mass is 326 g/mol. The van der Waals surface area contributed by atoms with Crippen molar-refractivity contribution in [1.29, 1.82) is 0 Å². The van der Waals surface area contributed by atoms with Gasteiger partial charge in [-0.25, -0.2) is 4.39 Å². The zero-order valence-electron chi connectivity index (χ0n) is 14.1. The van der Waals surface area contributed by atoms with Crippen LogP contribution < -0.4 is 0 Å². The highest BCUT2D eigenvalue weighted by Gasteiger charge is 2.22. The number of hydrogen-bond acceptors (Lipinski definition) is 2. The van der Waals surface area contributed by atoms with Gasteiger partial charge in [-0.3, -0.25) is 4.90 Å². The number of allylic oxidation sites excluding steroid dienone is 1. The summed E-state index contributed by atoms with van der Waals surface area (Å²) < 4.78 is 15.6. The molecule has 0 saturated heterocycles. The third kappa shape index (κ3) is 2.65. The van der Waals surface area contributed by atoms with E-state index in [1.807, 2.05) is 11.5 Å². The molecule has 0 fully saturated rings. The fourth-order valence-electron chi connectivity index (χ4n) is 4.02. The summed E-state index contributed by atoms with van der Waals surface area (Å²) >= 11 is 0. The Hall–Kier alpha value is -2.07. The lowest BCUT2D eigenvalue weighted by molar-refractivity contribution is 0.349. The normalized spacial score (nSPS) is 17.9. The van der Waals surface area contributed by atoms with Gasteiger partial charge in [0.1, 0.15) is 11.6 Å². The van der Waals surface area contributed by atoms with Crippen molar-refractivity contribution in [1.82, 2.24) is 9.47 Å². The third-order valence-electron chi connectivity index (χ3n) is 5.24. The number of aromatic nitrogens is 1. The molecule has 0 spiro atoms. The number of hydrogen-bond donors (Lipinski definition) is 1. The van der Waals surface area contributed by atoms with Gasteiger partial charge in [0.25, 0.3) is 0 Å². The molecule has 2 aliphatic rings. The number of aryl methyl sites for hydroxylation is 1. The second-order valence-electron chi connectivity index (χ2n) is 6.79. The fourth-order valence-corrected chi connectivity index (χ4v) is 4.02. The first kappa shape index (κ1) is 15.5. The summed E-state index contributed by atoms with van der Waals surface area (Å²) in [4.78, 5) is 2.47. The van der Waals surface area contributed by atoms with Gasteiger partial charge in [-0.1, -0.05) is 17.7 Å². The second-order valence-corrected chi connectivity index (χ2v) is 6.79. The summed E-state index contributed by atoms with van der Waals surface area (Å²) in [6.45, 7) is 5.85. The molecule has 0 bridgehead atoms. The predicted octanol–water partition coefficient (Wildman–Crippen LogP) is 4.01. The average Bonchev–Trinajstić information content (AvgIpc) is 3.13. The fraction of sp³-hybridized carbons (Fsp3) is 0.400. The second kappa shape index (κ2) is 6.10. The summed E-state index contributed by atoms with van der Waals surface area (Å²) in [6.07, 6.45) is 9.83. The highest BCUT2D eigenvalue weighted by Crippen LogP contribution is 2.32. The van der Waals surface area contributed by atoms with Gasteiger partial charge in [-0.15, -0.1) is 0 Å². The highest BCUT2D eigenvalue weighted by atomic mass is 19.1. The lowest BCUT2D eigenvalue weighted by Gasteiger charge is -2.15. The maximum Gasteiger partial charge on any atom is 0.129 e. The van der Waals surface area contributed by atoms with Crippen LogP contribution in [0, 0.1) is 5.82 Å². The van der Waals surface area contributed by atoms with Crippen molar-refractivity contribution in [3.63, 3.8) is 0 Å². The summed E-state index contributed by atoms with van der Waals surface area (Å²) in [7, 11) is 0. The first-order valence-corrected chi connectivity index (χ1v) is 8.75. The van der Waals surface area contributed by atoms with Crippen LogP contribution >= 0.6 is 0 Å². The van der Waals surface area contributed by atoms with E-state index in [-0.39, 0.29) is 11.6 Å². The first-order chi connectivity index (χ1) is 11.7. The van der Waals surface area contributed by atoms with E-state index in [4.69, 9.17) is 0 Å². The van der Waals surface area contributed by atoms with Crippen LogP contribution in [0.15, 0.2) is 41.6 Å². The molecule has 2 aromatic rings. The van der Waals surface area contributed by atoms with Crippen LogP contribution in [-0.2, 0) is 13.0 Å². The molecule has 0 radical (unpaired) electrons. The average molecular weight is 326 g/mol. The van der Waals surface area contributed by atoms with Crippen molar-refractivity contribution < 1.29 is 9.50 Å². The maximum absolute atomic E-state index is 13.6. The molecule has 1 aromatic carbocycles. The quantitative estimate of drug-likeness (QED) is 0.919. The smallest absolute Gasteiger partial charge is 0.129 e. The lowest BCUT2D eigenvalue weighted by atomic mass is 10.0. The molecule has 2 heterocycles. The summed E-state index contributed by atoms with van der Waals surface area (Å²) in [6, 6.07) is 2.73. The Labute approximate surface area is 141 Å². The van der Waals surface area contributed by atoms with E-state index in [2.05, 4.69) is 23.2 Å². The number of benzene rings is 1. The number of phenolic OH excluding ortho intramolecular Hbond substituents is 1. The summed E-state index contributed by atoms with van der Waals surface area (Å²) in [5.41, 5.74) is 4.96. The Morgan fingerprint density at radius 3 is 2.92 bits per heavy atom. The summed E-state index contributed by atoms with van der Waals surface area (Å²) in [5, 5.41) is 11.0. The van der Waals surface area contributed by atoms with Crippen LogP contribution in [-0.4, -0.2) is 34.2 Å². The van der Waals surface area contributed by atoms with Crippen molar-refractivity contribution in [3.8, 4) is 5.75 Å². The van der Waals surface area contributed by atoms with Gasteiger partial charge in [-0.2, -0.15) is 0 Å². The SMILES string of the molecule is CCn1cc(CCN2CC3=C(CCC=C3)C2)c2c(O)cc(F)cc21. The molecule has 24 heavy (non-hydrogen) atoms. The minimum atomic E-state index is -0.387. The molecule has 0 unspecified atom stereocenters. The number of rotatable bonds is 4. The van der Waals surface area contributed by atoms with E-state index < -0.39 is 0 Å². The number of nitrogens with zero attached hydrogens (tertiary/aromatic N) is 2. The predicted molar refractivity (Wildman–Crippen MR) is 94.8 cm³/mol. The van der Waals surface area contributed by atoms with Crippen LogP contribution in [0.2, 0.25) is 0 Å². The number of aromatic hydroxyl groups is 1. The molecular weight excluding hydrogens is 303 g/mol. The van der Waals surface area contributed by atoms with Gasteiger partial charge >= 0.3 is 0 Å². The van der Waals surface area contributed by atoms with E-state index in [1.165, 1.54) is 24.1 Å². The van der Waals surface area contributed by atoms with Gasteiger partial charge < -0.3 is 9.67 Å².